The molecule has 1 atom stereocenters. The molecule has 0 saturated heterocycles. The zero-order chi connectivity index (χ0) is 14.8. The largest absolute Gasteiger partial charge is 0.336 e. The van der Waals surface area contributed by atoms with E-state index in [0.29, 0.717) is 0 Å². The van der Waals surface area contributed by atoms with Crippen LogP contribution in [0.3, 0.4) is 0 Å². The van der Waals surface area contributed by atoms with Gasteiger partial charge in [0, 0.05) is 7.05 Å². The summed E-state index contributed by atoms with van der Waals surface area (Å²) in [6, 6.07) is 9.11. The van der Waals surface area contributed by atoms with Crippen LogP contribution in [-0.4, -0.2) is 16.1 Å². The Morgan fingerprint density at radius 1 is 1.20 bits per heavy atom. The summed E-state index contributed by atoms with van der Waals surface area (Å²) in [5, 5.41) is 3.54. The van der Waals surface area contributed by atoms with Gasteiger partial charge in [0.15, 0.2) is 0 Å². The molecule has 3 nitrogen and oxygen atoms in total. The molecule has 20 heavy (non-hydrogen) atoms. The van der Waals surface area contributed by atoms with Crippen molar-refractivity contribution in [3.8, 4) is 0 Å². The van der Waals surface area contributed by atoms with E-state index in [1.807, 2.05) is 19.6 Å². The SMILES string of the molecule is CCNC(c1ccc(C(C)(C)C)cc1)c1cncn1C. The van der Waals surface area contributed by atoms with Gasteiger partial charge in [0.1, 0.15) is 0 Å². The number of benzene rings is 1. The minimum Gasteiger partial charge on any atom is -0.336 e. The maximum absolute atomic E-state index is 4.23. The molecule has 0 saturated carbocycles. The Morgan fingerprint density at radius 2 is 1.85 bits per heavy atom. The second kappa shape index (κ2) is 5.80. The molecule has 0 fully saturated rings. The van der Waals surface area contributed by atoms with Crippen molar-refractivity contribution >= 4 is 0 Å². The smallest absolute Gasteiger partial charge is 0.0946 e. The number of nitrogens with zero attached hydrogens (tertiary/aromatic N) is 2. The number of aryl methyl sites for hydroxylation is 1. The molecule has 1 aromatic heterocycles. The summed E-state index contributed by atoms with van der Waals surface area (Å²) in [5.74, 6) is 0. The van der Waals surface area contributed by atoms with Gasteiger partial charge in [-0.1, -0.05) is 52.0 Å². The molecule has 108 valence electrons. The topological polar surface area (TPSA) is 29.9 Å². The summed E-state index contributed by atoms with van der Waals surface area (Å²) < 4.78 is 2.07. The summed E-state index contributed by atoms with van der Waals surface area (Å²) in [7, 11) is 2.04. The first kappa shape index (κ1) is 14.8. The first-order chi connectivity index (χ1) is 9.43. The van der Waals surface area contributed by atoms with Crippen molar-refractivity contribution in [1.29, 1.82) is 0 Å². The van der Waals surface area contributed by atoms with E-state index >= 15 is 0 Å². The monoisotopic (exact) mass is 271 g/mol. The lowest BCUT2D eigenvalue weighted by molar-refractivity contribution is 0.581. The maximum Gasteiger partial charge on any atom is 0.0946 e. The fourth-order valence-electron chi connectivity index (χ4n) is 2.42. The number of imidazole rings is 1. The second-order valence-corrected chi connectivity index (χ2v) is 6.29. The van der Waals surface area contributed by atoms with Crippen LogP contribution in [-0.2, 0) is 12.5 Å². The second-order valence-electron chi connectivity index (χ2n) is 6.29. The van der Waals surface area contributed by atoms with Gasteiger partial charge in [0.2, 0.25) is 0 Å². The van der Waals surface area contributed by atoms with Crippen LogP contribution < -0.4 is 5.32 Å². The van der Waals surface area contributed by atoms with Gasteiger partial charge in [-0.05, 0) is 23.1 Å². The molecule has 0 bridgehead atoms. The Bertz CT molecular complexity index is 546. The van der Waals surface area contributed by atoms with Gasteiger partial charge in [-0.15, -0.1) is 0 Å². The standard InChI is InChI=1S/C17H25N3/c1-6-19-16(15-11-18-12-20(15)5)13-7-9-14(10-8-13)17(2,3)4/h7-12,16,19H,6H2,1-5H3. The molecule has 0 aliphatic carbocycles. The highest BCUT2D eigenvalue weighted by Crippen LogP contribution is 2.26. The van der Waals surface area contributed by atoms with Gasteiger partial charge in [-0.2, -0.15) is 0 Å². The normalized spacial score (nSPS) is 13.4. The lowest BCUT2D eigenvalue weighted by Gasteiger charge is -2.22. The van der Waals surface area contributed by atoms with Crippen molar-refractivity contribution in [3.63, 3.8) is 0 Å². The van der Waals surface area contributed by atoms with Gasteiger partial charge >= 0.3 is 0 Å². The Balaban J connectivity index is 2.33. The third-order valence-corrected chi connectivity index (χ3v) is 3.67. The maximum atomic E-state index is 4.23. The molecular weight excluding hydrogens is 246 g/mol. The number of hydrogen-bond donors (Lipinski definition) is 1. The predicted octanol–water partition coefficient (Wildman–Crippen LogP) is 3.42. The summed E-state index contributed by atoms with van der Waals surface area (Å²) in [6.07, 6.45) is 3.79. The molecular formula is C17H25N3. The lowest BCUT2D eigenvalue weighted by Crippen LogP contribution is -2.24. The highest BCUT2D eigenvalue weighted by molar-refractivity contribution is 5.33. The van der Waals surface area contributed by atoms with Crippen molar-refractivity contribution in [2.24, 2.45) is 7.05 Å². The molecule has 0 radical (unpaired) electrons. The van der Waals surface area contributed by atoms with Crippen LogP contribution in [0.2, 0.25) is 0 Å². The quantitative estimate of drug-likeness (QED) is 0.923. The van der Waals surface area contributed by atoms with Crippen LogP contribution in [0.1, 0.15) is 50.6 Å². The van der Waals surface area contributed by atoms with Gasteiger partial charge in [-0.25, -0.2) is 4.98 Å². The summed E-state index contributed by atoms with van der Waals surface area (Å²) >= 11 is 0. The summed E-state index contributed by atoms with van der Waals surface area (Å²) in [6.45, 7) is 9.78. The third kappa shape index (κ3) is 3.10. The Labute approximate surface area is 122 Å². The van der Waals surface area contributed by atoms with Crippen LogP contribution in [0.4, 0.5) is 0 Å². The van der Waals surface area contributed by atoms with Crippen LogP contribution >= 0.6 is 0 Å². The average molecular weight is 271 g/mol. The first-order valence-electron chi connectivity index (χ1n) is 7.23. The fourth-order valence-corrected chi connectivity index (χ4v) is 2.42. The van der Waals surface area contributed by atoms with E-state index < -0.39 is 0 Å². The summed E-state index contributed by atoms with van der Waals surface area (Å²) in [4.78, 5) is 4.23. The van der Waals surface area contributed by atoms with Gasteiger partial charge in [0.05, 0.1) is 24.3 Å². The van der Waals surface area contributed by atoms with Gasteiger partial charge in [0.25, 0.3) is 0 Å². The van der Waals surface area contributed by atoms with E-state index in [1.54, 1.807) is 0 Å². The summed E-state index contributed by atoms with van der Waals surface area (Å²) in [5.41, 5.74) is 4.03. The molecule has 1 unspecified atom stereocenters. The zero-order valence-electron chi connectivity index (χ0n) is 13.1. The van der Waals surface area contributed by atoms with Crippen molar-refractivity contribution in [2.75, 3.05) is 6.54 Å². The van der Waals surface area contributed by atoms with Crippen LogP contribution in [0.15, 0.2) is 36.8 Å². The average Bonchev–Trinajstić information content (AvgIpc) is 2.81. The van der Waals surface area contributed by atoms with E-state index in [9.17, 15) is 0 Å². The molecule has 0 spiro atoms. The fraction of sp³-hybridized carbons (Fsp3) is 0.471. The van der Waals surface area contributed by atoms with E-state index in [1.165, 1.54) is 16.8 Å². The predicted molar refractivity (Wildman–Crippen MR) is 83.9 cm³/mol. The molecule has 2 rings (SSSR count). The number of aromatic nitrogens is 2. The number of rotatable bonds is 4. The number of nitrogens with one attached hydrogen (secondary N) is 1. The van der Waals surface area contributed by atoms with E-state index in [0.717, 1.165) is 6.54 Å². The third-order valence-electron chi connectivity index (χ3n) is 3.67. The van der Waals surface area contributed by atoms with Crippen LogP contribution in [0, 0.1) is 0 Å². The van der Waals surface area contributed by atoms with Crippen molar-refractivity contribution in [3.05, 3.63) is 53.6 Å². The van der Waals surface area contributed by atoms with Gasteiger partial charge < -0.3 is 9.88 Å². The molecule has 2 aromatic rings. The van der Waals surface area contributed by atoms with Gasteiger partial charge in [-0.3, -0.25) is 0 Å². The van der Waals surface area contributed by atoms with E-state index in [-0.39, 0.29) is 11.5 Å². The molecule has 3 heteroatoms. The molecule has 0 aliphatic rings. The lowest BCUT2D eigenvalue weighted by atomic mass is 9.86. The van der Waals surface area contributed by atoms with Crippen molar-refractivity contribution < 1.29 is 0 Å². The Hall–Kier alpha value is -1.61. The molecule has 1 heterocycles. The molecule has 1 aromatic carbocycles. The molecule has 0 aliphatic heterocycles. The minimum absolute atomic E-state index is 0.193. The van der Waals surface area contributed by atoms with E-state index in [2.05, 4.69) is 66.8 Å². The Kier molecular flexibility index (Phi) is 4.29. The minimum atomic E-state index is 0.193. The Morgan fingerprint density at radius 3 is 2.30 bits per heavy atom. The van der Waals surface area contributed by atoms with Crippen molar-refractivity contribution in [2.45, 2.75) is 39.2 Å². The first-order valence-corrected chi connectivity index (χ1v) is 7.23. The van der Waals surface area contributed by atoms with Crippen molar-refractivity contribution in [1.82, 2.24) is 14.9 Å². The molecule has 1 N–H and O–H groups in total. The zero-order valence-corrected chi connectivity index (χ0v) is 13.1. The van der Waals surface area contributed by atoms with E-state index in [4.69, 9.17) is 0 Å². The number of hydrogen-bond acceptors (Lipinski definition) is 2. The van der Waals surface area contributed by atoms with Crippen LogP contribution in [0.5, 0.6) is 0 Å². The highest BCUT2D eigenvalue weighted by Gasteiger charge is 2.18. The van der Waals surface area contributed by atoms with Crippen LogP contribution in [0.25, 0.3) is 0 Å². The molecule has 0 amide bonds. The highest BCUT2D eigenvalue weighted by atomic mass is 15.1.